The lowest BCUT2D eigenvalue weighted by atomic mass is 9.47. The molecule has 0 unspecified atom stereocenters. The SMILES string of the molecule is C#Cc1c(C#C)c(C#C)c(C23CC4CC(CC(C4)C2)C3)c(C#C)c1C#C. The predicted octanol–water partition coefficient (Wildman–Crippen LogP) is 4.06. The van der Waals surface area contributed by atoms with Gasteiger partial charge in [-0.15, -0.1) is 32.1 Å². The molecule has 0 radical (unpaired) electrons. The quantitative estimate of drug-likeness (QED) is 0.680. The maximum Gasteiger partial charge on any atom is 0.0581 e. The van der Waals surface area contributed by atoms with Crippen molar-refractivity contribution >= 4 is 0 Å². The summed E-state index contributed by atoms with van der Waals surface area (Å²) in [6, 6.07) is 0. The molecule has 4 aliphatic carbocycles. The van der Waals surface area contributed by atoms with Crippen molar-refractivity contribution < 1.29 is 0 Å². The van der Waals surface area contributed by atoms with Crippen LogP contribution in [-0.4, -0.2) is 0 Å². The molecule has 1 aromatic carbocycles. The number of hydrogen-bond donors (Lipinski definition) is 0. The largest absolute Gasteiger partial charge is 0.115 e. The van der Waals surface area contributed by atoms with Gasteiger partial charge in [-0.3, -0.25) is 0 Å². The molecule has 0 saturated heterocycles. The molecule has 26 heavy (non-hydrogen) atoms. The third kappa shape index (κ3) is 2.06. The van der Waals surface area contributed by atoms with Crippen molar-refractivity contribution in [1.29, 1.82) is 0 Å². The second kappa shape index (κ2) is 5.78. The van der Waals surface area contributed by atoms with Crippen molar-refractivity contribution in [2.24, 2.45) is 17.8 Å². The van der Waals surface area contributed by atoms with Gasteiger partial charge in [0.25, 0.3) is 0 Å². The maximum absolute atomic E-state index is 5.95. The predicted molar refractivity (Wildman–Crippen MR) is 106 cm³/mol. The average Bonchev–Trinajstić information content (AvgIpc) is 2.64. The number of terminal acetylenes is 5. The zero-order valence-corrected chi connectivity index (χ0v) is 14.9. The zero-order chi connectivity index (χ0) is 18.5. The standard InChI is InChI=1S/C26H20/c1-6-20-21(7-2)23(9-4)25(24(10-5)22(20)8-3)26-14-17-11-18(15-26)13-19(12-17)16-26/h1-5,17-19H,11-16H2. The molecule has 0 amide bonds. The Morgan fingerprint density at radius 2 is 0.846 bits per heavy atom. The van der Waals surface area contributed by atoms with Gasteiger partial charge in [0.1, 0.15) is 0 Å². The Balaban J connectivity index is 2.09. The van der Waals surface area contributed by atoms with E-state index in [9.17, 15) is 0 Å². The fourth-order valence-electron chi connectivity index (χ4n) is 6.42. The molecule has 4 fully saturated rings. The second-order valence-electron chi connectivity index (χ2n) is 8.17. The summed E-state index contributed by atoms with van der Waals surface area (Å²) in [4.78, 5) is 0. The monoisotopic (exact) mass is 332 g/mol. The second-order valence-corrected chi connectivity index (χ2v) is 8.17. The molecule has 0 nitrogen and oxygen atoms in total. The smallest absolute Gasteiger partial charge is 0.0581 e. The zero-order valence-electron chi connectivity index (χ0n) is 14.9. The molecule has 0 atom stereocenters. The van der Waals surface area contributed by atoms with Crippen molar-refractivity contribution in [3.63, 3.8) is 0 Å². The number of rotatable bonds is 1. The lowest BCUT2D eigenvalue weighted by Gasteiger charge is -2.57. The molecule has 4 saturated carbocycles. The Kier molecular flexibility index (Phi) is 3.67. The summed E-state index contributed by atoms with van der Waals surface area (Å²) < 4.78 is 0. The van der Waals surface area contributed by atoms with E-state index in [4.69, 9.17) is 32.1 Å². The van der Waals surface area contributed by atoms with Gasteiger partial charge >= 0.3 is 0 Å². The summed E-state index contributed by atoms with van der Waals surface area (Å²) in [7, 11) is 0. The van der Waals surface area contributed by atoms with Gasteiger partial charge < -0.3 is 0 Å². The van der Waals surface area contributed by atoms with Crippen molar-refractivity contribution in [2.75, 3.05) is 0 Å². The third-order valence-electron chi connectivity index (χ3n) is 6.79. The number of hydrogen-bond acceptors (Lipinski definition) is 0. The molecule has 4 bridgehead atoms. The lowest BCUT2D eigenvalue weighted by Crippen LogP contribution is -2.49. The molecule has 4 aliphatic rings. The molecule has 5 rings (SSSR count). The highest BCUT2D eigenvalue weighted by Crippen LogP contribution is 2.62. The summed E-state index contributed by atoms with van der Waals surface area (Å²) >= 11 is 0. The van der Waals surface area contributed by atoms with Crippen LogP contribution < -0.4 is 0 Å². The van der Waals surface area contributed by atoms with E-state index in [2.05, 4.69) is 29.6 Å². The molecule has 0 aliphatic heterocycles. The van der Waals surface area contributed by atoms with Crippen molar-refractivity contribution in [3.05, 3.63) is 33.4 Å². The Labute approximate surface area is 157 Å². The van der Waals surface area contributed by atoms with E-state index in [1.807, 2.05) is 0 Å². The highest BCUT2D eigenvalue weighted by Gasteiger charge is 2.53. The van der Waals surface area contributed by atoms with E-state index in [1.165, 1.54) is 19.3 Å². The van der Waals surface area contributed by atoms with Crippen molar-refractivity contribution in [1.82, 2.24) is 0 Å². The molecular weight excluding hydrogens is 312 g/mol. The molecule has 0 heteroatoms. The molecule has 0 N–H and O–H groups in total. The van der Waals surface area contributed by atoms with Crippen LogP contribution in [0.3, 0.4) is 0 Å². The first-order valence-corrected chi connectivity index (χ1v) is 9.18. The van der Waals surface area contributed by atoms with Crippen LogP contribution in [0.4, 0.5) is 0 Å². The van der Waals surface area contributed by atoms with Gasteiger partial charge in [-0.25, -0.2) is 0 Å². The van der Waals surface area contributed by atoms with Crippen LogP contribution in [-0.2, 0) is 5.41 Å². The number of benzene rings is 1. The fourth-order valence-corrected chi connectivity index (χ4v) is 6.42. The minimum Gasteiger partial charge on any atom is -0.115 e. The first kappa shape index (κ1) is 16.5. The van der Waals surface area contributed by atoms with Gasteiger partial charge in [0.05, 0.1) is 16.7 Å². The van der Waals surface area contributed by atoms with Gasteiger partial charge in [-0.05, 0) is 67.3 Å². The highest BCUT2D eigenvalue weighted by atomic mass is 14.6. The molecule has 0 aromatic heterocycles. The van der Waals surface area contributed by atoms with Gasteiger partial charge in [0.15, 0.2) is 0 Å². The van der Waals surface area contributed by atoms with Crippen LogP contribution in [0.1, 0.15) is 71.9 Å². The first-order valence-electron chi connectivity index (χ1n) is 9.18. The third-order valence-corrected chi connectivity index (χ3v) is 6.79. The summed E-state index contributed by atoms with van der Waals surface area (Å²) in [5, 5.41) is 0. The summed E-state index contributed by atoms with van der Waals surface area (Å²) in [5.41, 5.74) is 4.07. The molecular formula is C26H20. The Hall–Kier alpha value is -2.98. The van der Waals surface area contributed by atoms with Crippen LogP contribution in [0, 0.1) is 79.5 Å². The normalized spacial score (nSPS) is 30.5. The van der Waals surface area contributed by atoms with Crippen LogP contribution in [0.15, 0.2) is 0 Å². The van der Waals surface area contributed by atoms with E-state index in [-0.39, 0.29) is 5.41 Å². The van der Waals surface area contributed by atoms with E-state index in [1.54, 1.807) is 0 Å². The Morgan fingerprint density at radius 1 is 0.538 bits per heavy atom. The van der Waals surface area contributed by atoms with Crippen molar-refractivity contribution in [2.45, 2.75) is 43.9 Å². The van der Waals surface area contributed by atoms with Crippen LogP contribution in [0.5, 0.6) is 0 Å². The topological polar surface area (TPSA) is 0 Å². The molecule has 1 aromatic rings. The summed E-state index contributed by atoms with van der Waals surface area (Å²) in [6.07, 6.45) is 36.7. The van der Waals surface area contributed by atoms with Gasteiger partial charge in [0.2, 0.25) is 0 Å². The average molecular weight is 332 g/mol. The summed E-state index contributed by atoms with van der Waals surface area (Å²) in [6.45, 7) is 0. The lowest BCUT2D eigenvalue weighted by molar-refractivity contribution is -0.00542. The van der Waals surface area contributed by atoms with Crippen LogP contribution in [0.2, 0.25) is 0 Å². The van der Waals surface area contributed by atoms with Gasteiger partial charge in [0, 0.05) is 11.1 Å². The Morgan fingerprint density at radius 3 is 1.15 bits per heavy atom. The van der Waals surface area contributed by atoms with E-state index < -0.39 is 0 Å². The van der Waals surface area contributed by atoms with E-state index >= 15 is 0 Å². The molecule has 0 spiro atoms. The minimum atomic E-state index is 0.00247. The van der Waals surface area contributed by atoms with Gasteiger partial charge in [-0.2, -0.15) is 0 Å². The fraction of sp³-hybridized carbons (Fsp3) is 0.385. The van der Waals surface area contributed by atoms with E-state index in [0.29, 0.717) is 27.8 Å². The van der Waals surface area contributed by atoms with Crippen LogP contribution in [0.25, 0.3) is 0 Å². The first-order chi connectivity index (χ1) is 12.6. The Bertz CT molecular complexity index is 922. The van der Waals surface area contributed by atoms with Crippen molar-refractivity contribution in [3.8, 4) is 61.7 Å². The molecule has 124 valence electrons. The maximum atomic E-state index is 5.95. The van der Waals surface area contributed by atoms with Crippen LogP contribution >= 0.6 is 0 Å². The van der Waals surface area contributed by atoms with E-state index in [0.717, 1.165) is 42.6 Å². The highest BCUT2D eigenvalue weighted by molar-refractivity contribution is 5.74. The van der Waals surface area contributed by atoms with Gasteiger partial charge in [-0.1, -0.05) is 29.6 Å². The molecule has 0 heterocycles. The summed E-state index contributed by atoms with van der Waals surface area (Å²) in [5.74, 6) is 16.0. The minimum absolute atomic E-state index is 0.00247.